The van der Waals surface area contributed by atoms with Gasteiger partial charge in [-0.15, -0.1) is 0 Å². The van der Waals surface area contributed by atoms with E-state index in [4.69, 9.17) is 0 Å². The summed E-state index contributed by atoms with van der Waals surface area (Å²) in [5.74, 6) is 1.17. The van der Waals surface area contributed by atoms with Gasteiger partial charge in [0.25, 0.3) is 0 Å². The maximum Gasteiger partial charge on any atom is 0.000428 e. The van der Waals surface area contributed by atoms with Crippen LogP contribution in [0.2, 0.25) is 0 Å². The van der Waals surface area contributed by atoms with Gasteiger partial charge >= 0.3 is 0 Å². The predicted molar refractivity (Wildman–Crippen MR) is 98.7 cm³/mol. The quantitative estimate of drug-likeness (QED) is 0.510. The second-order valence-electron chi connectivity index (χ2n) is 8.86. The second-order valence-corrected chi connectivity index (χ2v) is 8.86. The molecule has 2 aliphatic carbocycles. The maximum absolute atomic E-state index is 2.43. The van der Waals surface area contributed by atoms with Gasteiger partial charge in [0.05, 0.1) is 0 Å². The van der Waals surface area contributed by atoms with Crippen LogP contribution in [0.5, 0.6) is 0 Å². The Kier molecular flexibility index (Phi) is 5.00. The molecule has 0 aromatic heterocycles. The lowest BCUT2D eigenvalue weighted by atomic mass is 9.82. The highest BCUT2D eigenvalue weighted by Crippen LogP contribution is 2.35. The highest BCUT2D eigenvalue weighted by molar-refractivity contribution is 5.34. The molecule has 0 saturated carbocycles. The van der Waals surface area contributed by atoms with Crippen molar-refractivity contribution in [3.63, 3.8) is 0 Å². The van der Waals surface area contributed by atoms with Gasteiger partial charge in [-0.25, -0.2) is 0 Å². The summed E-state index contributed by atoms with van der Waals surface area (Å²) in [6.45, 7) is 13.8. The fourth-order valence-electron chi connectivity index (χ4n) is 2.93. The van der Waals surface area contributed by atoms with Gasteiger partial charge in [0.15, 0.2) is 0 Å². The molecule has 2 unspecified atom stereocenters. The fourth-order valence-corrected chi connectivity index (χ4v) is 2.93. The van der Waals surface area contributed by atoms with Crippen molar-refractivity contribution in [2.75, 3.05) is 0 Å². The highest BCUT2D eigenvalue weighted by atomic mass is 14.3. The lowest BCUT2D eigenvalue weighted by Gasteiger charge is -2.23. The molecule has 0 fully saturated rings. The van der Waals surface area contributed by atoms with E-state index in [1.165, 1.54) is 11.1 Å². The van der Waals surface area contributed by atoms with E-state index in [2.05, 4.69) is 90.2 Å². The molecule has 0 aromatic carbocycles. The molecule has 2 rings (SSSR count). The van der Waals surface area contributed by atoms with Crippen molar-refractivity contribution in [2.45, 2.75) is 54.4 Å². The first-order valence-corrected chi connectivity index (χ1v) is 8.59. The molecule has 0 bridgehead atoms. The molecule has 22 heavy (non-hydrogen) atoms. The van der Waals surface area contributed by atoms with E-state index in [-0.39, 0.29) is 0 Å². The Morgan fingerprint density at radius 1 is 0.727 bits per heavy atom. The molecule has 0 radical (unpaired) electrons. The van der Waals surface area contributed by atoms with Crippen LogP contribution >= 0.6 is 0 Å². The summed E-state index contributed by atoms with van der Waals surface area (Å²) in [6.07, 6.45) is 20.9. The summed E-state index contributed by atoms with van der Waals surface area (Å²) >= 11 is 0. The van der Waals surface area contributed by atoms with Gasteiger partial charge < -0.3 is 0 Å². The molecule has 120 valence electrons. The predicted octanol–water partition coefficient (Wildman–Crippen LogP) is 6.64. The largest absolute Gasteiger partial charge is 0.0838 e. The van der Waals surface area contributed by atoms with Gasteiger partial charge in [-0.2, -0.15) is 0 Å². The van der Waals surface area contributed by atoms with Gasteiger partial charge in [-0.05, 0) is 34.8 Å². The van der Waals surface area contributed by atoms with Crippen LogP contribution in [0, 0.1) is 22.7 Å². The molecule has 0 aromatic rings. The van der Waals surface area contributed by atoms with Gasteiger partial charge in [0.1, 0.15) is 0 Å². The third-order valence-electron chi connectivity index (χ3n) is 4.70. The molecule has 0 aliphatic heterocycles. The summed E-state index contributed by atoms with van der Waals surface area (Å²) in [6, 6.07) is 0. The van der Waals surface area contributed by atoms with E-state index < -0.39 is 0 Å². The summed E-state index contributed by atoms with van der Waals surface area (Å²) in [5, 5.41) is 0. The number of hydrogen-bond acceptors (Lipinski definition) is 0. The monoisotopic (exact) mass is 296 g/mol. The van der Waals surface area contributed by atoms with Crippen molar-refractivity contribution in [1.29, 1.82) is 0 Å². The van der Waals surface area contributed by atoms with E-state index in [0.717, 1.165) is 12.8 Å². The molecule has 2 atom stereocenters. The molecule has 0 nitrogen and oxygen atoms in total. The average Bonchev–Trinajstić information content (AvgIpc) is 3.02. The Balaban J connectivity index is 1.81. The summed E-state index contributed by atoms with van der Waals surface area (Å²) in [7, 11) is 0. The van der Waals surface area contributed by atoms with Crippen LogP contribution in [0.15, 0.2) is 59.8 Å². The molecule has 0 N–H and O–H groups in total. The van der Waals surface area contributed by atoms with E-state index in [1.807, 2.05) is 0 Å². The zero-order valence-corrected chi connectivity index (χ0v) is 15.2. The highest BCUT2D eigenvalue weighted by Gasteiger charge is 2.23. The average molecular weight is 296 g/mol. The zero-order valence-electron chi connectivity index (χ0n) is 15.2. The van der Waals surface area contributed by atoms with Crippen molar-refractivity contribution in [3.05, 3.63) is 59.8 Å². The first-order chi connectivity index (χ1) is 10.2. The minimum absolute atomic E-state index is 0.337. The zero-order chi connectivity index (χ0) is 16.4. The van der Waals surface area contributed by atoms with Crippen LogP contribution < -0.4 is 0 Å². The summed E-state index contributed by atoms with van der Waals surface area (Å²) in [5.41, 5.74) is 3.59. The van der Waals surface area contributed by atoms with Crippen molar-refractivity contribution >= 4 is 0 Å². The van der Waals surface area contributed by atoms with Crippen molar-refractivity contribution in [1.82, 2.24) is 0 Å². The maximum atomic E-state index is 2.43. The van der Waals surface area contributed by atoms with Crippen LogP contribution in [0.3, 0.4) is 0 Å². The fraction of sp³-hybridized carbons (Fsp3) is 0.545. The third kappa shape index (κ3) is 4.60. The number of rotatable bonds is 4. The Morgan fingerprint density at radius 2 is 1.09 bits per heavy atom. The minimum atomic E-state index is 0.337. The minimum Gasteiger partial charge on any atom is -0.0838 e. The Bertz CT molecular complexity index is 486. The Labute approximate surface area is 137 Å². The first-order valence-electron chi connectivity index (χ1n) is 8.59. The van der Waals surface area contributed by atoms with E-state index >= 15 is 0 Å². The Morgan fingerprint density at radius 3 is 1.36 bits per heavy atom. The normalized spacial score (nSPS) is 25.2. The second kappa shape index (κ2) is 6.44. The molecule has 0 spiro atoms. The number of hydrogen-bond donors (Lipinski definition) is 0. The molecule has 0 amide bonds. The van der Waals surface area contributed by atoms with E-state index in [9.17, 15) is 0 Å². The summed E-state index contributed by atoms with van der Waals surface area (Å²) < 4.78 is 0. The number of allylic oxidation sites excluding steroid dienone is 10. The van der Waals surface area contributed by atoms with Gasteiger partial charge in [0, 0.05) is 11.8 Å². The van der Waals surface area contributed by atoms with Crippen molar-refractivity contribution in [3.8, 4) is 0 Å². The van der Waals surface area contributed by atoms with Crippen LogP contribution in [0.25, 0.3) is 0 Å². The third-order valence-corrected chi connectivity index (χ3v) is 4.70. The van der Waals surface area contributed by atoms with Crippen molar-refractivity contribution < 1.29 is 0 Å². The topological polar surface area (TPSA) is 0 Å². The molecule has 0 heterocycles. The van der Waals surface area contributed by atoms with Crippen LogP contribution in [-0.4, -0.2) is 0 Å². The molecule has 0 saturated heterocycles. The van der Waals surface area contributed by atoms with E-state index in [1.54, 1.807) is 0 Å². The SMILES string of the molecule is CC(C)(C)C1C=CC(C/C=C/CC2=CC(C(C)(C)C)C=C2)=C1. The van der Waals surface area contributed by atoms with Crippen LogP contribution in [0.1, 0.15) is 54.4 Å². The Hall–Kier alpha value is -1.30. The first kappa shape index (κ1) is 17.1. The van der Waals surface area contributed by atoms with Crippen molar-refractivity contribution in [2.24, 2.45) is 22.7 Å². The lowest BCUT2D eigenvalue weighted by Crippen LogP contribution is -2.14. The smallest absolute Gasteiger partial charge is 0.000428 e. The lowest BCUT2D eigenvalue weighted by molar-refractivity contribution is 0.345. The van der Waals surface area contributed by atoms with Gasteiger partial charge in [0.2, 0.25) is 0 Å². The van der Waals surface area contributed by atoms with Gasteiger partial charge in [-0.1, -0.05) is 90.2 Å². The molecule has 2 aliphatic rings. The van der Waals surface area contributed by atoms with Crippen LogP contribution in [0.4, 0.5) is 0 Å². The molecule has 0 heteroatoms. The van der Waals surface area contributed by atoms with Crippen LogP contribution in [-0.2, 0) is 0 Å². The molecular weight excluding hydrogens is 264 g/mol. The van der Waals surface area contributed by atoms with Gasteiger partial charge in [-0.3, -0.25) is 0 Å². The molecular formula is C22H32. The summed E-state index contributed by atoms with van der Waals surface area (Å²) in [4.78, 5) is 0. The standard InChI is InChI=1S/C22H32/c1-21(2,3)19-13-11-17(15-19)9-7-8-10-18-12-14-20(16-18)22(4,5)6/h7-8,11-16,19-20H,9-10H2,1-6H3/b8-7+. The van der Waals surface area contributed by atoms with E-state index in [0.29, 0.717) is 22.7 Å².